The average molecular weight is 346 g/mol. The number of likely N-dealkylation sites (N-methyl/N-ethyl adjacent to an activating group) is 1. The molecule has 2 fully saturated rings. The summed E-state index contributed by atoms with van der Waals surface area (Å²) in [6.07, 6.45) is -2.33. The molecule has 0 unspecified atom stereocenters. The van der Waals surface area contributed by atoms with Gasteiger partial charge in [-0.25, -0.2) is 0 Å². The van der Waals surface area contributed by atoms with E-state index in [9.17, 15) is 18.0 Å². The number of ether oxygens (including phenoxy) is 1. The van der Waals surface area contributed by atoms with Gasteiger partial charge in [0.15, 0.2) is 0 Å². The van der Waals surface area contributed by atoms with Crippen molar-refractivity contribution in [3.63, 3.8) is 0 Å². The first-order valence-corrected chi connectivity index (χ1v) is 7.96. The maximum absolute atomic E-state index is 12.9. The quantitative estimate of drug-likeness (QED) is 0.810. The lowest BCUT2D eigenvalue weighted by Crippen LogP contribution is -2.60. The van der Waals surface area contributed by atoms with Gasteiger partial charge in [-0.15, -0.1) is 0 Å². The van der Waals surface area contributed by atoms with Crippen LogP contribution >= 0.6 is 0 Å². The van der Waals surface area contributed by atoms with Crippen molar-refractivity contribution >= 4 is 5.91 Å². The highest BCUT2D eigenvalue weighted by Crippen LogP contribution is 2.25. The zero-order valence-electron chi connectivity index (χ0n) is 13.7. The topological polar surface area (TPSA) is 50.6 Å². The minimum atomic E-state index is -4.37. The van der Waals surface area contributed by atoms with Crippen LogP contribution in [0.1, 0.15) is 22.5 Å². The Bertz CT molecular complexity index is 616. The average Bonchev–Trinajstić information content (AvgIpc) is 2.84. The van der Waals surface area contributed by atoms with E-state index in [1.54, 1.807) is 11.8 Å². The molecule has 9 heteroatoms. The van der Waals surface area contributed by atoms with Gasteiger partial charge in [-0.2, -0.15) is 18.3 Å². The second-order valence-corrected chi connectivity index (χ2v) is 6.47. The molecule has 1 amide bonds. The van der Waals surface area contributed by atoms with Crippen LogP contribution in [-0.2, 0) is 11.3 Å². The Labute approximate surface area is 138 Å². The van der Waals surface area contributed by atoms with Crippen LogP contribution < -0.4 is 0 Å². The fraction of sp³-hybridized carbons (Fsp3) is 0.733. The lowest BCUT2D eigenvalue weighted by molar-refractivity contribution is -0.142. The summed E-state index contributed by atoms with van der Waals surface area (Å²) in [6, 6.07) is -0.0737. The standard InChI is InChI=1S/C15H21F3N4O2/c1-10-11(7-21(19-10)9-15(16,17)18)14(23)22-5-6-24-13-3-4-20(2)8-12(13)22/h7,12-13H,3-6,8-9H2,1-2H3/t12-,13+/m1/s1. The predicted octanol–water partition coefficient (Wildman–Crippen LogP) is 1.30. The first kappa shape index (κ1) is 17.2. The number of fused-ring (bicyclic) bond motifs is 1. The number of carbonyl (C=O) groups excluding carboxylic acids is 1. The number of aromatic nitrogens is 2. The molecule has 2 saturated heterocycles. The van der Waals surface area contributed by atoms with E-state index >= 15 is 0 Å². The van der Waals surface area contributed by atoms with Crippen molar-refractivity contribution in [2.45, 2.75) is 38.2 Å². The van der Waals surface area contributed by atoms with E-state index in [1.807, 2.05) is 7.05 Å². The Balaban J connectivity index is 1.80. The van der Waals surface area contributed by atoms with E-state index < -0.39 is 12.7 Å². The monoisotopic (exact) mass is 346 g/mol. The maximum Gasteiger partial charge on any atom is 0.408 e. The first-order chi connectivity index (χ1) is 11.2. The van der Waals surface area contributed by atoms with Crippen molar-refractivity contribution in [2.75, 3.05) is 33.3 Å². The number of hydrogen-bond donors (Lipinski definition) is 0. The van der Waals surface area contributed by atoms with Gasteiger partial charge < -0.3 is 14.5 Å². The number of aryl methyl sites for hydroxylation is 1. The first-order valence-electron chi connectivity index (χ1n) is 7.96. The number of likely N-dealkylation sites (tertiary alicyclic amines) is 1. The summed E-state index contributed by atoms with van der Waals surface area (Å²) in [7, 11) is 1.99. The molecule has 0 saturated carbocycles. The summed E-state index contributed by atoms with van der Waals surface area (Å²) in [5.74, 6) is -0.269. The normalized spacial score (nSPS) is 25.6. The summed E-state index contributed by atoms with van der Waals surface area (Å²) >= 11 is 0. The highest BCUT2D eigenvalue weighted by atomic mass is 19.4. The third-order valence-corrected chi connectivity index (χ3v) is 4.57. The van der Waals surface area contributed by atoms with Gasteiger partial charge in [-0.1, -0.05) is 0 Å². The molecular weight excluding hydrogens is 325 g/mol. The SMILES string of the molecule is Cc1nn(CC(F)(F)F)cc1C(=O)N1CCO[C@H]2CCN(C)C[C@H]21. The van der Waals surface area contributed by atoms with Crippen molar-refractivity contribution in [1.82, 2.24) is 19.6 Å². The number of hydrogen-bond acceptors (Lipinski definition) is 4. The zero-order valence-corrected chi connectivity index (χ0v) is 13.7. The molecule has 3 heterocycles. The molecule has 2 atom stereocenters. The van der Waals surface area contributed by atoms with Crippen LogP contribution in [0.4, 0.5) is 13.2 Å². The number of piperidine rings is 1. The lowest BCUT2D eigenvalue weighted by Gasteiger charge is -2.46. The number of alkyl halides is 3. The number of rotatable bonds is 2. The Morgan fingerprint density at radius 1 is 1.42 bits per heavy atom. The molecule has 1 aromatic rings. The molecule has 0 aromatic carbocycles. The van der Waals surface area contributed by atoms with Crippen molar-refractivity contribution < 1.29 is 22.7 Å². The van der Waals surface area contributed by atoms with Crippen molar-refractivity contribution in [1.29, 1.82) is 0 Å². The molecule has 2 aliphatic heterocycles. The molecular formula is C15H21F3N4O2. The van der Waals surface area contributed by atoms with E-state index in [4.69, 9.17) is 4.74 Å². The summed E-state index contributed by atoms with van der Waals surface area (Å²) < 4.78 is 44.1. The van der Waals surface area contributed by atoms with Gasteiger partial charge in [0.05, 0.1) is 30.0 Å². The van der Waals surface area contributed by atoms with Crippen molar-refractivity contribution in [3.8, 4) is 0 Å². The van der Waals surface area contributed by atoms with E-state index in [0.29, 0.717) is 25.4 Å². The van der Waals surface area contributed by atoms with Crippen LogP contribution in [0.25, 0.3) is 0 Å². The van der Waals surface area contributed by atoms with Crippen LogP contribution in [0.5, 0.6) is 0 Å². The molecule has 6 nitrogen and oxygen atoms in total. The van der Waals surface area contributed by atoms with Crippen LogP contribution in [0.3, 0.4) is 0 Å². The summed E-state index contributed by atoms with van der Waals surface area (Å²) in [4.78, 5) is 16.7. The van der Waals surface area contributed by atoms with E-state index in [2.05, 4.69) is 10.00 Å². The van der Waals surface area contributed by atoms with Gasteiger partial charge in [0, 0.05) is 25.8 Å². The molecule has 0 radical (unpaired) electrons. The van der Waals surface area contributed by atoms with Gasteiger partial charge in [0.1, 0.15) is 6.54 Å². The predicted molar refractivity (Wildman–Crippen MR) is 79.7 cm³/mol. The Morgan fingerprint density at radius 3 is 2.88 bits per heavy atom. The highest BCUT2D eigenvalue weighted by molar-refractivity contribution is 5.95. The van der Waals surface area contributed by atoms with Gasteiger partial charge in [0.2, 0.25) is 0 Å². The minimum absolute atomic E-state index is 0.00979. The Kier molecular flexibility index (Phi) is 4.56. The van der Waals surface area contributed by atoms with Crippen LogP contribution in [0.15, 0.2) is 6.20 Å². The largest absolute Gasteiger partial charge is 0.408 e. The van der Waals surface area contributed by atoms with Gasteiger partial charge in [0.25, 0.3) is 5.91 Å². The van der Waals surface area contributed by atoms with Crippen LogP contribution in [-0.4, -0.2) is 77.1 Å². The van der Waals surface area contributed by atoms with Gasteiger partial charge >= 0.3 is 6.18 Å². The molecule has 2 aliphatic rings. The molecule has 0 N–H and O–H groups in total. The molecule has 1 aromatic heterocycles. The molecule has 0 spiro atoms. The number of halogens is 3. The molecule has 0 bridgehead atoms. The molecule has 134 valence electrons. The fourth-order valence-corrected chi connectivity index (χ4v) is 3.43. The Hall–Kier alpha value is -1.61. The van der Waals surface area contributed by atoms with Crippen molar-refractivity contribution in [3.05, 3.63) is 17.5 Å². The number of morpholine rings is 1. The maximum atomic E-state index is 12.9. The smallest absolute Gasteiger partial charge is 0.374 e. The number of carbonyl (C=O) groups is 1. The Morgan fingerprint density at radius 2 is 2.17 bits per heavy atom. The highest BCUT2D eigenvalue weighted by Gasteiger charge is 2.39. The van der Waals surface area contributed by atoms with E-state index in [1.165, 1.54) is 6.20 Å². The van der Waals surface area contributed by atoms with Gasteiger partial charge in [-0.05, 0) is 20.4 Å². The summed E-state index contributed by atoms with van der Waals surface area (Å²) in [6.45, 7) is 2.87. The second kappa shape index (κ2) is 6.36. The van der Waals surface area contributed by atoms with E-state index in [-0.39, 0.29) is 23.6 Å². The summed E-state index contributed by atoms with van der Waals surface area (Å²) in [5, 5.41) is 3.84. The summed E-state index contributed by atoms with van der Waals surface area (Å²) in [5.41, 5.74) is 0.546. The van der Waals surface area contributed by atoms with Crippen molar-refractivity contribution in [2.24, 2.45) is 0 Å². The second-order valence-electron chi connectivity index (χ2n) is 6.47. The van der Waals surface area contributed by atoms with Crippen LogP contribution in [0, 0.1) is 6.92 Å². The molecule has 24 heavy (non-hydrogen) atoms. The molecule has 3 rings (SSSR count). The zero-order chi connectivity index (χ0) is 17.5. The number of nitrogens with zero attached hydrogens (tertiary/aromatic N) is 4. The molecule has 0 aliphatic carbocycles. The number of amides is 1. The minimum Gasteiger partial charge on any atom is -0.374 e. The van der Waals surface area contributed by atoms with Crippen LogP contribution in [0.2, 0.25) is 0 Å². The van der Waals surface area contributed by atoms with E-state index in [0.717, 1.165) is 17.6 Å². The lowest BCUT2D eigenvalue weighted by atomic mass is 9.98. The third-order valence-electron chi connectivity index (χ3n) is 4.57. The van der Waals surface area contributed by atoms with Gasteiger partial charge in [-0.3, -0.25) is 9.48 Å². The fourth-order valence-electron chi connectivity index (χ4n) is 3.43. The third kappa shape index (κ3) is 3.56.